The average Bonchev–Trinajstić information content (AvgIpc) is 2.89. The van der Waals surface area contributed by atoms with Crippen molar-refractivity contribution < 1.29 is 14.3 Å². The van der Waals surface area contributed by atoms with Crippen molar-refractivity contribution in [2.75, 3.05) is 23.8 Å². The number of benzene rings is 3. The first-order valence-electron chi connectivity index (χ1n) is 14.9. The maximum atomic E-state index is 12.0. The molecule has 5 nitrogen and oxygen atoms in total. The van der Waals surface area contributed by atoms with Crippen molar-refractivity contribution in [3.05, 3.63) is 88.5 Å². The van der Waals surface area contributed by atoms with E-state index < -0.39 is 0 Å². The second-order valence-corrected chi connectivity index (χ2v) is 11.0. The highest BCUT2D eigenvalue weighted by Gasteiger charge is 2.04. The summed E-state index contributed by atoms with van der Waals surface area (Å²) >= 11 is 0. The predicted molar refractivity (Wildman–Crippen MR) is 168 cm³/mol. The zero-order valence-electron chi connectivity index (χ0n) is 25.0. The van der Waals surface area contributed by atoms with Crippen LogP contribution in [0.1, 0.15) is 85.6 Å². The summed E-state index contributed by atoms with van der Waals surface area (Å²) in [6.07, 6.45) is 10.2. The number of hydrogen-bond donors (Lipinski definition) is 2. The quantitative estimate of drug-likeness (QED) is 0.166. The molecule has 0 spiro atoms. The Bertz CT molecular complexity index is 1130. The fourth-order valence-corrected chi connectivity index (χ4v) is 5.04. The average molecular weight is 545 g/mol. The molecule has 0 aliphatic carbocycles. The van der Waals surface area contributed by atoms with Gasteiger partial charge in [0.1, 0.15) is 5.75 Å². The Morgan fingerprint density at radius 1 is 0.600 bits per heavy atom. The normalized spacial score (nSPS) is 10.8. The van der Waals surface area contributed by atoms with Gasteiger partial charge in [0.15, 0.2) is 0 Å². The van der Waals surface area contributed by atoms with Crippen LogP contribution >= 0.6 is 0 Å². The van der Waals surface area contributed by atoms with E-state index in [0.717, 1.165) is 60.7 Å². The molecule has 1 amide bonds. The van der Waals surface area contributed by atoms with Crippen LogP contribution in [-0.4, -0.2) is 19.3 Å². The summed E-state index contributed by atoms with van der Waals surface area (Å²) in [5, 5.41) is 6.31. The maximum absolute atomic E-state index is 12.0. The largest absolute Gasteiger partial charge is 0.494 e. The fraction of sp³-hybridized carbons (Fsp3) is 0.457. The summed E-state index contributed by atoms with van der Waals surface area (Å²) in [4.78, 5) is 12.0. The van der Waals surface area contributed by atoms with Crippen LogP contribution in [0.3, 0.4) is 0 Å². The molecule has 3 rings (SSSR count). The molecule has 0 fully saturated rings. The number of ether oxygens (including phenoxy) is 2. The molecule has 0 radical (unpaired) electrons. The number of carbonyl (C=O) groups is 1. The van der Waals surface area contributed by atoms with E-state index in [-0.39, 0.29) is 6.09 Å². The van der Waals surface area contributed by atoms with E-state index in [1.165, 1.54) is 55.2 Å². The van der Waals surface area contributed by atoms with Gasteiger partial charge in [0.2, 0.25) is 0 Å². The smallest absolute Gasteiger partial charge is 0.411 e. The highest BCUT2D eigenvalue weighted by Crippen LogP contribution is 2.18. The first-order chi connectivity index (χ1) is 19.4. The van der Waals surface area contributed by atoms with E-state index >= 15 is 0 Å². The number of rotatable bonds is 17. The molecule has 0 aliphatic rings. The molecule has 0 aromatic heterocycles. The van der Waals surface area contributed by atoms with Crippen molar-refractivity contribution in [3.8, 4) is 5.75 Å². The van der Waals surface area contributed by atoms with Crippen LogP contribution in [0.2, 0.25) is 0 Å². The van der Waals surface area contributed by atoms with Crippen LogP contribution < -0.4 is 15.4 Å². The molecule has 40 heavy (non-hydrogen) atoms. The van der Waals surface area contributed by atoms with Gasteiger partial charge in [-0.1, -0.05) is 80.3 Å². The van der Waals surface area contributed by atoms with Gasteiger partial charge < -0.3 is 14.8 Å². The highest BCUT2D eigenvalue weighted by molar-refractivity contribution is 5.84. The standard InChI is InChI=1S/C35H48N2O3/c1-27-20-28(2)23-31(22-27)26-36-32-14-16-34(17-15-32)39-18-12-10-8-6-5-7-9-11-13-19-40-35(38)37-33-24-29(3)21-30(4)25-33/h14-17,20-25,36H,5-13,18-19,26H2,1-4H3,(H,37,38). The lowest BCUT2D eigenvalue weighted by Gasteiger charge is -2.10. The number of nitrogens with one attached hydrogen (secondary N) is 2. The van der Waals surface area contributed by atoms with Gasteiger partial charge in [0.05, 0.1) is 13.2 Å². The Labute approximate surface area is 241 Å². The van der Waals surface area contributed by atoms with E-state index in [1.54, 1.807) is 0 Å². The Kier molecular flexibility index (Phi) is 13.4. The number of amides is 1. The Morgan fingerprint density at radius 2 is 1.10 bits per heavy atom. The second-order valence-electron chi connectivity index (χ2n) is 11.0. The van der Waals surface area contributed by atoms with E-state index in [2.05, 4.69) is 60.9 Å². The predicted octanol–water partition coefficient (Wildman–Crippen LogP) is 9.67. The number of carbonyl (C=O) groups excluding carboxylic acids is 1. The first-order valence-corrected chi connectivity index (χ1v) is 14.9. The Balaban J connectivity index is 1.12. The minimum atomic E-state index is -0.369. The van der Waals surface area contributed by atoms with E-state index in [9.17, 15) is 4.79 Å². The summed E-state index contributed by atoms with van der Waals surface area (Å²) < 4.78 is 11.2. The van der Waals surface area contributed by atoms with Gasteiger partial charge in [-0.2, -0.15) is 0 Å². The third-order valence-corrected chi connectivity index (χ3v) is 6.89. The molecule has 3 aromatic rings. The monoisotopic (exact) mass is 544 g/mol. The van der Waals surface area contributed by atoms with Crippen LogP contribution in [-0.2, 0) is 11.3 Å². The van der Waals surface area contributed by atoms with Gasteiger partial charge in [0, 0.05) is 17.9 Å². The molecule has 216 valence electrons. The number of aryl methyl sites for hydroxylation is 4. The second kappa shape index (κ2) is 17.3. The van der Waals surface area contributed by atoms with Crippen molar-refractivity contribution in [2.45, 2.75) is 92.0 Å². The summed E-state index contributed by atoms with van der Waals surface area (Å²) in [5.74, 6) is 0.934. The Morgan fingerprint density at radius 3 is 1.68 bits per heavy atom. The van der Waals surface area contributed by atoms with Gasteiger partial charge in [-0.25, -0.2) is 4.79 Å². The zero-order chi connectivity index (χ0) is 28.6. The molecular weight excluding hydrogens is 496 g/mol. The third-order valence-electron chi connectivity index (χ3n) is 6.89. The van der Waals surface area contributed by atoms with E-state index in [0.29, 0.717) is 6.61 Å². The number of unbranched alkanes of at least 4 members (excludes halogenated alkanes) is 8. The summed E-state index contributed by atoms with van der Waals surface area (Å²) in [7, 11) is 0. The lowest BCUT2D eigenvalue weighted by molar-refractivity contribution is 0.159. The molecule has 5 heteroatoms. The van der Waals surface area contributed by atoms with E-state index in [4.69, 9.17) is 9.47 Å². The van der Waals surface area contributed by atoms with Crippen molar-refractivity contribution >= 4 is 17.5 Å². The number of hydrogen-bond acceptors (Lipinski definition) is 4. The third kappa shape index (κ3) is 12.6. The Hall–Kier alpha value is -3.47. The van der Waals surface area contributed by atoms with Gasteiger partial charge in [0.25, 0.3) is 0 Å². The first kappa shape index (κ1) is 31.1. The van der Waals surface area contributed by atoms with E-state index in [1.807, 2.05) is 38.1 Å². The van der Waals surface area contributed by atoms with Crippen LogP contribution in [0.5, 0.6) is 5.75 Å². The summed E-state index contributed by atoms with van der Waals surface area (Å²) in [5.41, 5.74) is 8.06. The molecule has 0 saturated heterocycles. The zero-order valence-corrected chi connectivity index (χ0v) is 25.0. The topological polar surface area (TPSA) is 59.6 Å². The maximum Gasteiger partial charge on any atom is 0.411 e. The molecule has 0 saturated carbocycles. The minimum absolute atomic E-state index is 0.369. The molecule has 2 N–H and O–H groups in total. The SMILES string of the molecule is Cc1cc(C)cc(CNc2ccc(OCCCCCCCCCCCOC(=O)Nc3cc(C)cc(C)c3)cc2)c1. The molecule has 0 unspecified atom stereocenters. The molecule has 0 heterocycles. The number of anilines is 2. The van der Waals surface area contributed by atoms with Gasteiger partial charge in [-0.3, -0.25) is 5.32 Å². The lowest BCUT2D eigenvalue weighted by Crippen LogP contribution is -2.14. The van der Waals surface area contributed by atoms with Crippen LogP contribution in [0.15, 0.2) is 60.7 Å². The molecule has 0 aliphatic heterocycles. The molecule has 0 atom stereocenters. The fourth-order valence-electron chi connectivity index (χ4n) is 5.04. The van der Waals surface area contributed by atoms with Crippen molar-refractivity contribution in [1.29, 1.82) is 0 Å². The van der Waals surface area contributed by atoms with Gasteiger partial charge in [-0.15, -0.1) is 0 Å². The minimum Gasteiger partial charge on any atom is -0.494 e. The highest BCUT2D eigenvalue weighted by atomic mass is 16.5. The molecular formula is C35H48N2O3. The molecule has 3 aromatic carbocycles. The van der Waals surface area contributed by atoms with Gasteiger partial charge in [-0.05, 0) is 93.6 Å². The van der Waals surface area contributed by atoms with Crippen molar-refractivity contribution in [2.24, 2.45) is 0 Å². The van der Waals surface area contributed by atoms with Crippen LogP contribution in [0.4, 0.5) is 16.2 Å². The van der Waals surface area contributed by atoms with Crippen LogP contribution in [0.25, 0.3) is 0 Å². The van der Waals surface area contributed by atoms with Crippen LogP contribution in [0, 0.1) is 27.7 Å². The van der Waals surface area contributed by atoms with Crippen molar-refractivity contribution in [1.82, 2.24) is 0 Å². The lowest BCUT2D eigenvalue weighted by atomic mass is 10.1. The molecule has 0 bridgehead atoms. The summed E-state index contributed by atoms with van der Waals surface area (Å²) in [6.45, 7) is 10.4. The van der Waals surface area contributed by atoms with Gasteiger partial charge >= 0.3 is 6.09 Å². The van der Waals surface area contributed by atoms with Crippen molar-refractivity contribution in [3.63, 3.8) is 0 Å². The summed E-state index contributed by atoms with van der Waals surface area (Å²) in [6, 6.07) is 20.9.